The smallest absolute Gasteiger partial charge is 0.410 e. The molecule has 2 N–H and O–H groups in total. The zero-order valence-corrected chi connectivity index (χ0v) is 92.8. The number of amides is 6. The van der Waals surface area contributed by atoms with Gasteiger partial charge in [0.25, 0.3) is 5.56 Å². The van der Waals surface area contributed by atoms with E-state index in [1.807, 2.05) is 110 Å². The van der Waals surface area contributed by atoms with Crippen LogP contribution in [-0.4, -0.2) is 318 Å². The fourth-order valence-corrected chi connectivity index (χ4v) is 18.7. The summed E-state index contributed by atoms with van der Waals surface area (Å²) in [6, 6.07) is 7.43. The van der Waals surface area contributed by atoms with Crippen LogP contribution >= 0.6 is 23.2 Å². The molecule has 8 aliphatic rings. The predicted octanol–water partition coefficient (Wildman–Crippen LogP) is 15.1. The van der Waals surface area contributed by atoms with Crippen molar-refractivity contribution in [2.24, 2.45) is 17.8 Å². The van der Waals surface area contributed by atoms with Crippen LogP contribution in [0.25, 0.3) is 22.6 Å². The van der Waals surface area contributed by atoms with Crippen molar-refractivity contribution in [2.45, 2.75) is 295 Å². The van der Waals surface area contributed by atoms with Crippen molar-refractivity contribution in [3.8, 4) is 0 Å². The van der Waals surface area contributed by atoms with Crippen LogP contribution in [-0.2, 0) is 97.1 Å². The van der Waals surface area contributed by atoms with Gasteiger partial charge in [-0.2, -0.15) is 19.8 Å². The third kappa shape index (κ3) is 32.7. The lowest BCUT2D eigenvalue weighted by Gasteiger charge is -2.36. The maximum absolute atomic E-state index is 12.7. The molecule has 8 aliphatic heterocycles. The van der Waals surface area contributed by atoms with Gasteiger partial charge in [-0.15, -0.1) is 0 Å². The molecule has 44 heteroatoms. The number of rotatable bonds is 7. The van der Waals surface area contributed by atoms with Gasteiger partial charge in [-0.25, -0.2) is 67.0 Å². The Labute approximate surface area is 880 Å². The number of aromatic amines is 1. The number of anilines is 1. The fourth-order valence-electron chi connectivity index (χ4n) is 17.9. The van der Waals surface area contributed by atoms with Crippen molar-refractivity contribution >= 4 is 123 Å². The second-order valence-electron chi connectivity index (χ2n) is 44.1. The highest BCUT2D eigenvalue weighted by Gasteiger charge is 2.42. The average Bonchev–Trinajstić information content (AvgIpc) is 1.57. The molecule has 0 bridgehead atoms. The summed E-state index contributed by atoms with van der Waals surface area (Å²) in [5.74, 6) is -2.45. The summed E-state index contributed by atoms with van der Waals surface area (Å²) in [4.78, 5) is 188. The molecule has 0 aliphatic carbocycles. The largest absolute Gasteiger partial charge is 0.465 e. The number of fused-ring (bicyclic) bond motifs is 8. The molecule has 0 saturated carbocycles. The number of nitrogens with zero attached hydrogens (tertiary/aromatic N) is 18. The van der Waals surface area contributed by atoms with Crippen molar-refractivity contribution in [1.29, 1.82) is 0 Å². The maximum Gasteiger partial charge on any atom is 0.410 e. The van der Waals surface area contributed by atoms with Gasteiger partial charge >= 0.3 is 54.5 Å². The van der Waals surface area contributed by atoms with Crippen molar-refractivity contribution in [3.63, 3.8) is 0 Å². The van der Waals surface area contributed by atoms with Crippen LogP contribution in [0.5, 0.6) is 0 Å². The van der Waals surface area contributed by atoms with Gasteiger partial charge in [-0.1, -0.05) is 57.8 Å². The number of carbonyl (C=O) groups is 12. The highest BCUT2D eigenvalue weighted by molar-refractivity contribution is 6.31. The Balaban J connectivity index is 0.000000178. The number of nitrogens with one attached hydrogen (secondary N) is 2. The molecule has 3 saturated heterocycles. The molecule has 3 fully saturated rings. The maximum atomic E-state index is 12.7. The van der Waals surface area contributed by atoms with E-state index in [4.69, 9.17) is 70.8 Å². The molecule has 7 atom stereocenters. The quantitative estimate of drug-likeness (QED) is 0.0492. The number of esters is 3. The first-order chi connectivity index (χ1) is 69.8. The van der Waals surface area contributed by atoms with Crippen LogP contribution in [0, 0.1) is 17.8 Å². The minimum absolute atomic E-state index is 0.0120. The van der Waals surface area contributed by atoms with Crippen LogP contribution in [0.15, 0.2) is 65.5 Å². The van der Waals surface area contributed by atoms with Crippen molar-refractivity contribution in [3.05, 3.63) is 126 Å². The van der Waals surface area contributed by atoms with Gasteiger partial charge in [-0.05, 0) is 176 Å². The monoisotopic (exact) mass is 2120 g/mol. The number of likely N-dealkylation sites (tertiary alicyclic amines) is 2. The van der Waals surface area contributed by atoms with E-state index in [0.29, 0.717) is 92.6 Å². The lowest BCUT2D eigenvalue weighted by molar-refractivity contribution is -0.154. The molecule has 0 radical (unpaired) electrons. The van der Waals surface area contributed by atoms with Crippen molar-refractivity contribution in [1.82, 2.24) is 93.1 Å². The summed E-state index contributed by atoms with van der Waals surface area (Å²) in [7, 11) is 0. The van der Waals surface area contributed by atoms with E-state index in [9.17, 15) is 62.3 Å². The highest BCUT2D eigenvalue weighted by Crippen LogP contribution is 2.39. The number of Topliss-reactive ketones (excluding diaryl/α,β-unsaturated/α-hetero) is 3. The molecule has 0 spiro atoms. The zero-order valence-electron chi connectivity index (χ0n) is 91.3. The Morgan fingerprint density at radius 1 is 0.403 bits per heavy atom. The minimum atomic E-state index is -0.794. The SMILES string of the molecule is CC1CN(C(=O)OC(C)(C)C)CCc2nc3cc[nH]n3c(=O)c21.CC1CN(C(=O)OC(C)(C)C)CCc2nc3ccnn3c(Cl)c21.CC1CN(C(=O)OC(C)(C)C)CCc2nc3ccnn3c(N3CCC3)c21.CC1CNCCc2nc3ccnn3c(Cl)c21.CCOC(=O)C1=CCN(C(=O)OC(C)(C)C)CCC1=O.CCOC(=O)C1C(=O)CCN(C(=O)OC(C)(C)C)CC1C.CCOC(=O)C1CCN(C(=O)OC(C)(C)C)CCC1=O. The van der Waals surface area contributed by atoms with Gasteiger partial charge in [0.2, 0.25) is 0 Å². The van der Waals surface area contributed by atoms with Gasteiger partial charge in [-0.3, -0.25) is 33.9 Å². The number of ether oxygens (including phenoxy) is 9. The van der Waals surface area contributed by atoms with E-state index in [2.05, 4.69) is 59.4 Å². The van der Waals surface area contributed by atoms with E-state index in [1.54, 1.807) is 133 Å². The normalized spacial score (nSPS) is 19.8. The van der Waals surface area contributed by atoms with E-state index < -0.39 is 81.6 Å². The lowest BCUT2D eigenvalue weighted by atomic mass is 9.90. The predicted molar refractivity (Wildman–Crippen MR) is 557 cm³/mol. The van der Waals surface area contributed by atoms with Crippen LogP contribution in [0.2, 0.25) is 10.3 Å². The number of H-pyrrole nitrogens is 1. The summed E-state index contributed by atoms with van der Waals surface area (Å²) >= 11 is 12.9. The van der Waals surface area contributed by atoms with E-state index in [0.717, 1.165) is 95.7 Å². The summed E-state index contributed by atoms with van der Waals surface area (Å²) in [6.07, 6.45) is 10.8. The average molecular weight is 2120 g/mol. The zero-order chi connectivity index (χ0) is 110. The van der Waals surface area contributed by atoms with E-state index in [1.165, 1.54) is 37.3 Å². The Bertz CT molecular complexity index is 6200. The Morgan fingerprint density at radius 2 is 0.785 bits per heavy atom. The first kappa shape index (κ1) is 118. The molecule has 7 unspecified atom stereocenters. The number of ketones is 3. The molecule has 6 amide bonds. The topological polar surface area (TPSA) is 463 Å². The number of carbonyl (C=O) groups excluding carboxylic acids is 12. The van der Waals surface area contributed by atoms with Gasteiger partial charge in [0.1, 0.15) is 78.7 Å². The number of aromatic nitrogens is 12. The summed E-state index contributed by atoms with van der Waals surface area (Å²) < 4.78 is 53.8. The molecule has 149 heavy (non-hydrogen) atoms. The van der Waals surface area contributed by atoms with Gasteiger partial charge < -0.3 is 82.2 Å². The summed E-state index contributed by atoms with van der Waals surface area (Å²) in [6.45, 7) is 57.7. The van der Waals surface area contributed by atoms with Gasteiger partial charge in [0, 0.05) is 220 Å². The molecule has 818 valence electrons. The first-order valence-electron chi connectivity index (χ1n) is 51.4. The Hall–Kier alpha value is -12.6. The van der Waals surface area contributed by atoms with Crippen LogP contribution in [0.3, 0.4) is 0 Å². The minimum Gasteiger partial charge on any atom is -0.465 e. The highest BCUT2D eigenvalue weighted by atomic mass is 35.5. The van der Waals surface area contributed by atoms with Crippen LogP contribution in [0.4, 0.5) is 34.6 Å². The van der Waals surface area contributed by atoms with E-state index in [-0.39, 0.29) is 142 Å². The molecule has 8 aromatic heterocycles. The fraction of sp³-hybridized carbons (Fsp3) is 0.638. The van der Waals surface area contributed by atoms with Crippen LogP contribution < -0.4 is 15.8 Å². The third-order valence-electron chi connectivity index (χ3n) is 24.6. The first-order valence-corrected chi connectivity index (χ1v) is 52.1. The molecule has 16 heterocycles. The molecule has 16 rings (SSSR count). The third-order valence-corrected chi connectivity index (χ3v) is 25.3. The van der Waals surface area contributed by atoms with Crippen molar-refractivity contribution < 1.29 is 100 Å². The van der Waals surface area contributed by atoms with Crippen LogP contribution in [0.1, 0.15) is 281 Å². The molecular weight excluding hydrogens is 1960 g/mol. The van der Waals surface area contributed by atoms with Gasteiger partial charge in [0.15, 0.2) is 28.4 Å². The number of hydrogen-bond acceptors (Lipinski definition) is 31. The molecule has 42 nitrogen and oxygen atoms in total. The number of halogens is 2. The second kappa shape index (κ2) is 50.8. The van der Waals surface area contributed by atoms with Gasteiger partial charge in [0.05, 0.1) is 61.2 Å². The summed E-state index contributed by atoms with van der Waals surface area (Å²) in [5, 5.41) is 20.5. The lowest BCUT2D eigenvalue weighted by Crippen LogP contribution is -2.40. The van der Waals surface area contributed by atoms with E-state index >= 15 is 0 Å². The standard InChI is InChI=1S/C19H27N5O2.C16H21ClN4O2.C16H22N4O3.C15H25NO5.C14H23NO5.C14H21NO5.C11H13ClN4/c1-13-12-23(18(25)26-19(2,3)4)11-7-14-16(13)17(22-9-5-10-22)24-15(21-14)6-8-20-24;1-10-9-20(15(22)23-16(2,3)4)8-6-11-13(10)14(17)21-12(19-11)5-7-18-21;1-10-9-19(15(22)23-16(2,3)4)8-6-11-13(10)14(21)20-12(18-11)5-7-17-20;1-6-20-13(18)12-10(2)9-16(8-7-11(12)17)14(19)21-15(3,4)5;2*1-5-19-12(17)10-6-8-15(9-7-11(10)16)13(18)20-14(2,3)4;1-7-6-13-4-2-8-10(7)11(12)16-9(15-8)3-5-14-16/h6,8,13H,5,7,9-12H2,1-4H3;5,7,10H,6,8-9H2,1-4H3;5,7,10,17H,6,8-9H2,1-4H3;10,12H,6-9H2,1-5H3;10H,5-9H2,1-4H3;6H,5,7-9H2,1-4H3;3,5,7,13H,2,4,6H2,1H3. The Morgan fingerprint density at radius 3 is 1.26 bits per heavy atom. The summed E-state index contributed by atoms with van der Waals surface area (Å²) in [5.41, 5.74) is 7.59. The molecule has 8 aromatic rings. The molecular formula is C105H152Cl2N20O22. The second-order valence-corrected chi connectivity index (χ2v) is 44.8. The molecule has 0 aromatic carbocycles. The Kier molecular flexibility index (Phi) is 40.3. The van der Waals surface area contributed by atoms with Crippen molar-refractivity contribution in [2.75, 3.05) is 129 Å². The number of hydrogen-bond donors (Lipinski definition) is 2.